The van der Waals surface area contributed by atoms with Crippen LogP contribution in [0.5, 0.6) is 0 Å². The highest BCUT2D eigenvalue weighted by Gasteiger charge is 2.44. The fraction of sp³-hybridized carbons (Fsp3) is 0.706. The van der Waals surface area contributed by atoms with E-state index in [-0.39, 0.29) is 18.1 Å². The van der Waals surface area contributed by atoms with Gasteiger partial charge in [-0.25, -0.2) is 9.59 Å². The third-order valence-electron chi connectivity index (χ3n) is 4.37. The van der Waals surface area contributed by atoms with E-state index in [0.29, 0.717) is 34.9 Å². The molecule has 1 aliphatic carbocycles. The summed E-state index contributed by atoms with van der Waals surface area (Å²) >= 11 is 2.06. The van der Waals surface area contributed by atoms with Gasteiger partial charge in [0, 0.05) is 0 Å². The van der Waals surface area contributed by atoms with Crippen molar-refractivity contribution in [2.45, 2.75) is 65.3 Å². The zero-order chi connectivity index (χ0) is 18.4. The average molecular weight is 461 g/mol. The summed E-state index contributed by atoms with van der Waals surface area (Å²) in [6, 6.07) is 0.0631. The minimum Gasteiger partial charge on any atom is -0.462 e. The molecule has 0 spiro atoms. The van der Waals surface area contributed by atoms with Crippen molar-refractivity contribution < 1.29 is 19.1 Å². The van der Waals surface area contributed by atoms with Crippen molar-refractivity contribution in [2.24, 2.45) is 5.92 Å². The second-order valence-corrected chi connectivity index (χ2v) is 8.55. The quantitative estimate of drug-likeness (QED) is 0.511. The Balaban J connectivity index is 1.92. The van der Waals surface area contributed by atoms with Gasteiger partial charge in [-0.3, -0.25) is 9.58 Å². The van der Waals surface area contributed by atoms with Crippen LogP contribution < -0.4 is 0 Å². The third kappa shape index (κ3) is 3.93. The molecule has 0 radical (unpaired) electrons. The molecule has 1 unspecified atom stereocenters. The molecule has 1 aromatic heterocycles. The number of fused-ring (bicyclic) bond motifs is 1. The maximum atomic E-state index is 12.7. The van der Waals surface area contributed by atoms with Gasteiger partial charge in [0.1, 0.15) is 14.9 Å². The van der Waals surface area contributed by atoms with Crippen molar-refractivity contribution in [3.8, 4) is 0 Å². The lowest BCUT2D eigenvalue weighted by Gasteiger charge is -2.37. The number of rotatable bonds is 3. The van der Waals surface area contributed by atoms with Crippen LogP contribution >= 0.6 is 22.6 Å². The molecule has 138 valence electrons. The van der Waals surface area contributed by atoms with E-state index in [1.807, 2.05) is 25.5 Å². The first kappa shape index (κ1) is 18.5. The molecule has 7 nitrogen and oxygen atoms in total. The predicted molar refractivity (Wildman–Crippen MR) is 99.2 cm³/mol. The molecule has 0 bridgehead atoms. The van der Waals surface area contributed by atoms with E-state index in [2.05, 4.69) is 27.7 Å². The largest absolute Gasteiger partial charge is 0.462 e. The molecular weight excluding hydrogens is 437 g/mol. The average Bonchev–Trinajstić information content (AvgIpc) is 3.27. The Hall–Kier alpha value is -1.32. The van der Waals surface area contributed by atoms with Crippen LogP contribution in [0, 0.1) is 9.62 Å². The Labute approximate surface area is 161 Å². The molecule has 1 aliphatic heterocycles. The molecule has 2 heterocycles. The van der Waals surface area contributed by atoms with Gasteiger partial charge in [-0.05, 0) is 69.0 Å². The summed E-state index contributed by atoms with van der Waals surface area (Å²) in [5.74, 6) is 0.0933. The van der Waals surface area contributed by atoms with Gasteiger partial charge in [0.05, 0.1) is 31.4 Å². The number of halogens is 1. The first-order valence-corrected chi connectivity index (χ1v) is 9.71. The summed E-state index contributed by atoms with van der Waals surface area (Å²) in [5.41, 5.74) is 0.636. The molecule has 25 heavy (non-hydrogen) atoms. The van der Waals surface area contributed by atoms with Crippen LogP contribution in [0.1, 0.15) is 56.6 Å². The minimum absolute atomic E-state index is 0.0631. The Bertz CT molecular complexity index is 691. The van der Waals surface area contributed by atoms with Crippen molar-refractivity contribution in [1.82, 2.24) is 14.7 Å². The van der Waals surface area contributed by atoms with Crippen LogP contribution in [0.15, 0.2) is 0 Å². The minimum atomic E-state index is -0.554. The second kappa shape index (κ2) is 6.77. The maximum Gasteiger partial charge on any atom is 0.410 e. The summed E-state index contributed by atoms with van der Waals surface area (Å²) in [6.07, 6.45) is 1.90. The maximum absolute atomic E-state index is 12.7. The number of esters is 1. The molecule has 1 atom stereocenters. The molecule has 3 rings (SSSR count). The monoisotopic (exact) mass is 461 g/mol. The van der Waals surface area contributed by atoms with Gasteiger partial charge in [0.25, 0.3) is 0 Å². The highest BCUT2D eigenvalue weighted by molar-refractivity contribution is 14.1. The summed E-state index contributed by atoms with van der Waals surface area (Å²) in [7, 11) is 0. The summed E-state index contributed by atoms with van der Waals surface area (Å²) in [4.78, 5) is 26.8. The normalized spacial score (nSPS) is 20.2. The van der Waals surface area contributed by atoms with Crippen LogP contribution in [-0.2, 0) is 22.6 Å². The lowest BCUT2D eigenvalue weighted by molar-refractivity contribution is 0.00326. The van der Waals surface area contributed by atoms with Crippen LogP contribution in [0.25, 0.3) is 0 Å². The SMILES string of the molecule is CCOC(=O)c1c(I)nn2c1CN(C(=O)OC(C)(C)C)C(C1CC1)C2. The van der Waals surface area contributed by atoms with Crippen molar-refractivity contribution in [3.05, 3.63) is 15.0 Å². The number of carbonyl (C=O) groups excluding carboxylic acids is 2. The molecule has 0 N–H and O–H groups in total. The van der Waals surface area contributed by atoms with Crippen molar-refractivity contribution in [1.29, 1.82) is 0 Å². The lowest BCUT2D eigenvalue weighted by atomic mass is 10.1. The van der Waals surface area contributed by atoms with Gasteiger partial charge in [-0.2, -0.15) is 5.10 Å². The Kier molecular flexibility index (Phi) is 5.00. The number of aromatic nitrogens is 2. The molecule has 0 saturated heterocycles. The molecule has 1 saturated carbocycles. The first-order chi connectivity index (χ1) is 11.7. The topological polar surface area (TPSA) is 73.7 Å². The predicted octanol–water partition coefficient (Wildman–Crippen LogP) is 3.19. The van der Waals surface area contributed by atoms with Crippen molar-refractivity contribution in [3.63, 3.8) is 0 Å². The fourth-order valence-corrected chi connectivity index (χ4v) is 3.93. The molecular formula is C17H24IN3O4. The van der Waals surface area contributed by atoms with E-state index in [4.69, 9.17) is 9.47 Å². The number of hydrogen-bond donors (Lipinski definition) is 0. The smallest absolute Gasteiger partial charge is 0.410 e. The van der Waals surface area contributed by atoms with Gasteiger partial charge >= 0.3 is 12.1 Å². The van der Waals surface area contributed by atoms with Crippen LogP contribution in [-0.4, -0.2) is 45.0 Å². The standard InChI is InChI=1S/C17H24IN3O4/c1-5-24-15(22)13-12-8-20(16(23)25-17(2,3)4)11(10-6-7-10)9-21(12)19-14(13)18/h10-11H,5-9H2,1-4H3. The molecule has 1 amide bonds. The van der Waals surface area contributed by atoms with Crippen LogP contribution in [0.4, 0.5) is 4.79 Å². The number of ether oxygens (including phenoxy) is 2. The van der Waals surface area contributed by atoms with Crippen LogP contribution in [0.3, 0.4) is 0 Å². The number of hydrogen-bond acceptors (Lipinski definition) is 5. The van der Waals surface area contributed by atoms with E-state index in [1.54, 1.807) is 11.8 Å². The van der Waals surface area contributed by atoms with Gasteiger partial charge in [0.15, 0.2) is 0 Å². The first-order valence-electron chi connectivity index (χ1n) is 8.63. The Morgan fingerprint density at radius 2 is 2.00 bits per heavy atom. The number of nitrogens with zero attached hydrogens (tertiary/aromatic N) is 3. The molecule has 8 heteroatoms. The third-order valence-corrected chi connectivity index (χ3v) is 5.12. The van der Waals surface area contributed by atoms with Gasteiger partial charge < -0.3 is 9.47 Å². The highest BCUT2D eigenvalue weighted by atomic mass is 127. The molecule has 1 fully saturated rings. The van der Waals surface area contributed by atoms with Gasteiger partial charge in [0.2, 0.25) is 0 Å². The number of carbonyl (C=O) groups is 2. The van der Waals surface area contributed by atoms with E-state index >= 15 is 0 Å². The number of amides is 1. The Morgan fingerprint density at radius 3 is 2.56 bits per heavy atom. The van der Waals surface area contributed by atoms with Crippen LogP contribution in [0.2, 0.25) is 0 Å². The lowest BCUT2D eigenvalue weighted by Crippen LogP contribution is -2.49. The van der Waals surface area contributed by atoms with E-state index in [1.165, 1.54) is 0 Å². The summed E-state index contributed by atoms with van der Waals surface area (Å²) < 4.78 is 13.2. The Morgan fingerprint density at radius 1 is 1.32 bits per heavy atom. The molecule has 2 aliphatic rings. The van der Waals surface area contributed by atoms with Crippen molar-refractivity contribution in [2.75, 3.05) is 6.61 Å². The fourth-order valence-electron chi connectivity index (χ4n) is 3.14. The highest BCUT2D eigenvalue weighted by Crippen LogP contribution is 2.39. The van der Waals surface area contributed by atoms with Gasteiger partial charge in [-0.1, -0.05) is 0 Å². The van der Waals surface area contributed by atoms with E-state index in [0.717, 1.165) is 18.5 Å². The van der Waals surface area contributed by atoms with E-state index in [9.17, 15) is 9.59 Å². The van der Waals surface area contributed by atoms with Gasteiger partial charge in [-0.15, -0.1) is 0 Å². The summed E-state index contributed by atoms with van der Waals surface area (Å²) in [5, 5.41) is 4.51. The zero-order valence-corrected chi connectivity index (χ0v) is 17.2. The second-order valence-electron chi connectivity index (χ2n) is 7.53. The van der Waals surface area contributed by atoms with E-state index < -0.39 is 5.60 Å². The van der Waals surface area contributed by atoms with Crippen molar-refractivity contribution >= 4 is 34.7 Å². The zero-order valence-electron chi connectivity index (χ0n) is 15.0. The molecule has 1 aromatic rings. The molecule has 0 aromatic carbocycles. The summed E-state index contributed by atoms with van der Waals surface area (Å²) in [6.45, 7) is 8.57.